The maximum Gasteiger partial charge on any atom is -0.00489 e. The maximum absolute atomic E-state index is 3.64. The summed E-state index contributed by atoms with van der Waals surface area (Å²) in [6.45, 7) is 6.98. The van der Waals surface area contributed by atoms with E-state index >= 15 is 0 Å². The fourth-order valence-corrected chi connectivity index (χ4v) is 3.68. The minimum absolute atomic E-state index is 1.23. The van der Waals surface area contributed by atoms with Crippen molar-refractivity contribution >= 4 is 0 Å². The molecular formula is C28H55N. The van der Waals surface area contributed by atoms with Gasteiger partial charge in [0.1, 0.15) is 0 Å². The lowest BCUT2D eigenvalue weighted by atomic mass is 10.1. The second kappa shape index (κ2) is 27.4. The Kier molecular flexibility index (Phi) is 26.9. The summed E-state index contributed by atoms with van der Waals surface area (Å²) in [6.07, 6.45) is 36.9. The molecule has 0 aromatic heterocycles. The Bertz CT molecular complexity index is 299. The van der Waals surface area contributed by atoms with Gasteiger partial charge in [-0.05, 0) is 64.5 Å². The second-order valence-electron chi connectivity index (χ2n) is 8.80. The Hall–Kier alpha value is -0.560. The van der Waals surface area contributed by atoms with Gasteiger partial charge in [0.15, 0.2) is 0 Å². The first-order valence-corrected chi connectivity index (χ1v) is 13.4. The van der Waals surface area contributed by atoms with E-state index in [0.29, 0.717) is 0 Å². The van der Waals surface area contributed by atoms with Gasteiger partial charge in [0.25, 0.3) is 0 Å². The molecule has 0 aromatic rings. The summed E-state index contributed by atoms with van der Waals surface area (Å²) in [5.41, 5.74) is 0. The third kappa shape index (κ3) is 27.4. The van der Waals surface area contributed by atoms with E-state index in [1.807, 2.05) is 0 Å². The summed E-state index contributed by atoms with van der Waals surface area (Å²) in [4.78, 5) is 0. The Morgan fingerprint density at radius 1 is 0.379 bits per heavy atom. The van der Waals surface area contributed by atoms with Gasteiger partial charge in [0, 0.05) is 0 Å². The molecule has 1 N–H and O–H groups in total. The van der Waals surface area contributed by atoms with Gasteiger partial charge in [-0.3, -0.25) is 0 Å². The van der Waals surface area contributed by atoms with Crippen LogP contribution in [0.3, 0.4) is 0 Å². The Morgan fingerprint density at radius 3 is 1.07 bits per heavy atom. The van der Waals surface area contributed by atoms with Gasteiger partial charge >= 0.3 is 0 Å². The van der Waals surface area contributed by atoms with E-state index in [1.54, 1.807) is 0 Å². The third-order valence-electron chi connectivity index (χ3n) is 5.73. The van der Waals surface area contributed by atoms with Crippen molar-refractivity contribution in [3.05, 3.63) is 24.3 Å². The summed E-state index contributed by atoms with van der Waals surface area (Å²) in [5.74, 6) is 0. The molecule has 0 aliphatic rings. The average molecular weight is 406 g/mol. The molecule has 0 saturated carbocycles. The van der Waals surface area contributed by atoms with Gasteiger partial charge in [0.05, 0.1) is 0 Å². The molecule has 0 aliphatic carbocycles. The van der Waals surface area contributed by atoms with Crippen molar-refractivity contribution < 1.29 is 0 Å². The largest absolute Gasteiger partial charge is 0.317 e. The van der Waals surface area contributed by atoms with Crippen molar-refractivity contribution in [2.75, 3.05) is 13.1 Å². The van der Waals surface area contributed by atoms with Crippen molar-refractivity contribution in [1.82, 2.24) is 5.32 Å². The highest BCUT2D eigenvalue weighted by Crippen LogP contribution is 2.09. The van der Waals surface area contributed by atoms with Gasteiger partial charge in [0.2, 0.25) is 0 Å². The van der Waals surface area contributed by atoms with Crippen LogP contribution in [0.4, 0.5) is 0 Å². The molecule has 0 aliphatic heterocycles. The van der Waals surface area contributed by atoms with Crippen LogP contribution in [-0.2, 0) is 0 Å². The summed E-state index contributed by atoms with van der Waals surface area (Å²) < 4.78 is 0. The van der Waals surface area contributed by atoms with E-state index in [-0.39, 0.29) is 0 Å². The van der Waals surface area contributed by atoms with Gasteiger partial charge < -0.3 is 5.32 Å². The van der Waals surface area contributed by atoms with E-state index in [1.165, 1.54) is 142 Å². The Balaban J connectivity index is 3.05. The summed E-state index contributed by atoms with van der Waals surface area (Å²) in [7, 11) is 0. The minimum atomic E-state index is 1.23. The highest BCUT2D eigenvalue weighted by atomic mass is 14.8. The SMILES string of the molecule is CCCCC=CCCCCCCCCNCCCCCCCCC=CCCCC. The van der Waals surface area contributed by atoms with Crippen molar-refractivity contribution in [3.63, 3.8) is 0 Å². The second-order valence-corrected chi connectivity index (χ2v) is 8.80. The summed E-state index contributed by atoms with van der Waals surface area (Å²) >= 11 is 0. The lowest BCUT2D eigenvalue weighted by molar-refractivity contribution is 0.540. The van der Waals surface area contributed by atoms with Crippen LogP contribution >= 0.6 is 0 Å². The third-order valence-corrected chi connectivity index (χ3v) is 5.73. The zero-order chi connectivity index (χ0) is 21.1. The van der Waals surface area contributed by atoms with Gasteiger partial charge in [-0.25, -0.2) is 0 Å². The zero-order valence-electron chi connectivity index (χ0n) is 20.4. The highest BCUT2D eigenvalue weighted by Gasteiger charge is 1.93. The number of hydrogen-bond acceptors (Lipinski definition) is 1. The van der Waals surface area contributed by atoms with E-state index in [9.17, 15) is 0 Å². The number of nitrogens with one attached hydrogen (secondary N) is 1. The van der Waals surface area contributed by atoms with Gasteiger partial charge in [-0.2, -0.15) is 0 Å². The quantitative estimate of drug-likeness (QED) is 0.124. The first-order chi connectivity index (χ1) is 14.4. The molecule has 29 heavy (non-hydrogen) atoms. The normalized spacial score (nSPS) is 11.9. The maximum atomic E-state index is 3.64. The van der Waals surface area contributed by atoms with E-state index in [4.69, 9.17) is 0 Å². The predicted molar refractivity (Wildman–Crippen MR) is 135 cm³/mol. The lowest BCUT2D eigenvalue weighted by Crippen LogP contribution is -2.16. The van der Waals surface area contributed by atoms with E-state index < -0.39 is 0 Å². The molecule has 0 rings (SSSR count). The lowest BCUT2D eigenvalue weighted by Gasteiger charge is -2.05. The van der Waals surface area contributed by atoms with Crippen molar-refractivity contribution in [2.45, 2.75) is 142 Å². The van der Waals surface area contributed by atoms with Crippen LogP contribution < -0.4 is 5.32 Å². The Labute approximate surface area is 185 Å². The van der Waals surface area contributed by atoms with Crippen LogP contribution in [0.2, 0.25) is 0 Å². The van der Waals surface area contributed by atoms with Crippen molar-refractivity contribution in [2.24, 2.45) is 0 Å². The predicted octanol–water partition coefficient (Wildman–Crippen LogP) is 9.53. The molecule has 0 heterocycles. The zero-order valence-corrected chi connectivity index (χ0v) is 20.4. The molecule has 0 saturated heterocycles. The van der Waals surface area contributed by atoms with E-state index in [2.05, 4.69) is 43.5 Å². The van der Waals surface area contributed by atoms with Crippen LogP contribution in [0.25, 0.3) is 0 Å². The van der Waals surface area contributed by atoms with Gasteiger partial charge in [-0.1, -0.05) is 115 Å². The fraction of sp³-hybridized carbons (Fsp3) is 0.857. The monoisotopic (exact) mass is 405 g/mol. The van der Waals surface area contributed by atoms with Crippen LogP contribution in [-0.4, -0.2) is 13.1 Å². The molecule has 0 aromatic carbocycles. The Morgan fingerprint density at radius 2 is 0.690 bits per heavy atom. The molecular weight excluding hydrogens is 350 g/mol. The number of hydrogen-bond donors (Lipinski definition) is 1. The van der Waals surface area contributed by atoms with Crippen LogP contribution in [0.15, 0.2) is 24.3 Å². The molecule has 0 unspecified atom stereocenters. The smallest absolute Gasteiger partial charge is 0.00489 e. The van der Waals surface area contributed by atoms with Crippen LogP contribution in [0.5, 0.6) is 0 Å². The molecule has 0 radical (unpaired) electrons. The number of rotatable bonds is 24. The molecule has 0 spiro atoms. The molecule has 1 heteroatoms. The van der Waals surface area contributed by atoms with Crippen molar-refractivity contribution in [1.29, 1.82) is 0 Å². The average Bonchev–Trinajstić information content (AvgIpc) is 2.74. The van der Waals surface area contributed by atoms with Crippen LogP contribution in [0, 0.1) is 0 Å². The number of allylic oxidation sites excluding steroid dienone is 4. The molecule has 0 amide bonds. The molecule has 1 nitrogen and oxygen atoms in total. The minimum Gasteiger partial charge on any atom is -0.317 e. The fourth-order valence-electron chi connectivity index (χ4n) is 3.68. The highest BCUT2D eigenvalue weighted by molar-refractivity contribution is 4.81. The van der Waals surface area contributed by atoms with Gasteiger partial charge in [-0.15, -0.1) is 0 Å². The molecule has 0 bridgehead atoms. The van der Waals surface area contributed by atoms with E-state index in [0.717, 1.165) is 0 Å². The van der Waals surface area contributed by atoms with Crippen LogP contribution in [0.1, 0.15) is 142 Å². The topological polar surface area (TPSA) is 12.0 Å². The first kappa shape index (κ1) is 28.4. The van der Waals surface area contributed by atoms with Crippen molar-refractivity contribution in [3.8, 4) is 0 Å². The molecule has 0 atom stereocenters. The first-order valence-electron chi connectivity index (χ1n) is 13.4. The standard InChI is InChI=1S/C28H55N/c1-3-5-7-9-11-13-15-17-19-21-23-25-27-29-28-26-24-22-20-18-16-14-12-10-8-6-4-2/h9-12,29H,3-8,13-28H2,1-2H3. The summed E-state index contributed by atoms with van der Waals surface area (Å²) in [5, 5.41) is 3.64. The number of unbranched alkanes of at least 4 members (excludes halogenated alkanes) is 16. The molecule has 172 valence electrons. The summed E-state index contributed by atoms with van der Waals surface area (Å²) in [6, 6.07) is 0. The molecule has 0 fully saturated rings.